The van der Waals surface area contributed by atoms with Crippen LogP contribution in [0.3, 0.4) is 0 Å². The van der Waals surface area contributed by atoms with Crippen LogP contribution < -0.4 is 4.90 Å². The highest BCUT2D eigenvalue weighted by Crippen LogP contribution is 2.41. The Morgan fingerprint density at radius 2 is 2.10 bits per heavy atom. The van der Waals surface area contributed by atoms with E-state index < -0.39 is 0 Å². The lowest BCUT2D eigenvalue weighted by Gasteiger charge is -2.24. The average molecular weight is 298 g/mol. The Hall–Kier alpha value is -1.81. The van der Waals surface area contributed by atoms with E-state index in [0.717, 1.165) is 24.1 Å². The number of aryl methyl sites for hydroxylation is 1. The number of benzene rings is 1. The Morgan fingerprint density at radius 3 is 2.76 bits per heavy atom. The zero-order chi connectivity index (χ0) is 14.7. The minimum Gasteiger partial charge on any atom is -0.295 e. The summed E-state index contributed by atoms with van der Waals surface area (Å²) in [5, 5.41) is 0.0308. The van der Waals surface area contributed by atoms with Crippen LogP contribution in [0.25, 0.3) is 0 Å². The van der Waals surface area contributed by atoms with Gasteiger partial charge in [0.2, 0.25) is 5.91 Å². The molecule has 21 heavy (non-hydrogen) atoms. The Labute approximate surface area is 129 Å². The summed E-state index contributed by atoms with van der Waals surface area (Å²) >= 11 is 1.66. The fourth-order valence-electron chi connectivity index (χ4n) is 2.58. The summed E-state index contributed by atoms with van der Waals surface area (Å²) in [6, 6.07) is 12.3. The first-order valence-corrected chi connectivity index (χ1v) is 8.27. The summed E-state index contributed by atoms with van der Waals surface area (Å²) in [6.07, 6.45) is 5.81. The monoisotopic (exact) mass is 298 g/mol. The predicted molar refractivity (Wildman–Crippen MR) is 87.4 cm³/mol. The highest BCUT2D eigenvalue weighted by Gasteiger charge is 2.33. The van der Waals surface area contributed by atoms with Gasteiger partial charge in [0, 0.05) is 23.6 Å². The van der Waals surface area contributed by atoms with Gasteiger partial charge in [0.05, 0.1) is 5.75 Å². The maximum Gasteiger partial charge on any atom is 0.238 e. The number of aromatic nitrogens is 1. The van der Waals surface area contributed by atoms with Crippen LogP contribution in [0.4, 0.5) is 5.69 Å². The van der Waals surface area contributed by atoms with E-state index in [9.17, 15) is 4.79 Å². The van der Waals surface area contributed by atoms with E-state index in [4.69, 9.17) is 0 Å². The van der Waals surface area contributed by atoms with Crippen molar-refractivity contribution in [3.63, 3.8) is 0 Å². The van der Waals surface area contributed by atoms with Gasteiger partial charge in [0.25, 0.3) is 0 Å². The molecule has 1 aliphatic rings. The van der Waals surface area contributed by atoms with Gasteiger partial charge in [-0.25, -0.2) is 0 Å². The third-order valence-electron chi connectivity index (χ3n) is 3.59. The van der Waals surface area contributed by atoms with E-state index in [2.05, 4.69) is 36.2 Å². The van der Waals surface area contributed by atoms with Gasteiger partial charge < -0.3 is 0 Å². The number of rotatable bonds is 4. The maximum atomic E-state index is 12.3. The van der Waals surface area contributed by atoms with Gasteiger partial charge in [-0.15, -0.1) is 11.8 Å². The minimum absolute atomic E-state index is 0.0308. The number of anilines is 1. The molecule has 1 aliphatic heterocycles. The minimum atomic E-state index is 0.0308. The molecule has 0 radical (unpaired) electrons. The number of carbonyl (C=O) groups excluding carboxylic acids is 1. The molecule has 1 aromatic carbocycles. The molecule has 0 saturated carbocycles. The lowest BCUT2D eigenvalue weighted by molar-refractivity contribution is -0.115. The van der Waals surface area contributed by atoms with Crippen molar-refractivity contribution in [3.05, 3.63) is 59.9 Å². The Bertz CT molecular complexity index is 612. The van der Waals surface area contributed by atoms with Crippen molar-refractivity contribution in [1.29, 1.82) is 0 Å². The van der Waals surface area contributed by atoms with Crippen molar-refractivity contribution in [3.8, 4) is 0 Å². The molecule has 2 aromatic rings. The Morgan fingerprint density at radius 1 is 1.29 bits per heavy atom. The molecule has 4 heteroatoms. The summed E-state index contributed by atoms with van der Waals surface area (Å²) in [5.74, 6) is 0.688. The lowest BCUT2D eigenvalue weighted by atomic mass is 10.1. The van der Waals surface area contributed by atoms with Crippen molar-refractivity contribution in [2.75, 3.05) is 10.7 Å². The average Bonchev–Trinajstić information content (AvgIpc) is 2.91. The predicted octanol–water partition coefficient (Wildman–Crippen LogP) is 3.81. The smallest absolute Gasteiger partial charge is 0.238 e. The van der Waals surface area contributed by atoms with E-state index in [-0.39, 0.29) is 11.3 Å². The van der Waals surface area contributed by atoms with Gasteiger partial charge in [-0.2, -0.15) is 0 Å². The molecule has 0 aliphatic carbocycles. The molecule has 0 bridgehead atoms. The molecule has 0 N–H and O–H groups in total. The second-order valence-corrected chi connectivity index (χ2v) is 6.20. The van der Waals surface area contributed by atoms with Crippen LogP contribution in [0.2, 0.25) is 0 Å². The zero-order valence-corrected chi connectivity index (χ0v) is 12.8. The largest absolute Gasteiger partial charge is 0.295 e. The van der Waals surface area contributed by atoms with Gasteiger partial charge in [-0.3, -0.25) is 14.7 Å². The van der Waals surface area contributed by atoms with E-state index >= 15 is 0 Å². The second-order valence-electron chi connectivity index (χ2n) is 5.13. The Kier molecular flexibility index (Phi) is 4.25. The normalized spacial score (nSPS) is 18.2. The van der Waals surface area contributed by atoms with Crippen LogP contribution in [0.5, 0.6) is 0 Å². The first-order valence-electron chi connectivity index (χ1n) is 7.22. The number of hydrogen-bond acceptors (Lipinski definition) is 3. The molecule has 1 amide bonds. The van der Waals surface area contributed by atoms with Gasteiger partial charge in [0.1, 0.15) is 5.37 Å². The van der Waals surface area contributed by atoms with Crippen LogP contribution in [0, 0.1) is 0 Å². The molecule has 1 saturated heterocycles. The van der Waals surface area contributed by atoms with Crippen molar-refractivity contribution >= 4 is 23.4 Å². The molecule has 3 nitrogen and oxygen atoms in total. The van der Waals surface area contributed by atoms with Gasteiger partial charge >= 0.3 is 0 Å². The van der Waals surface area contributed by atoms with E-state index in [1.165, 1.54) is 5.56 Å². The lowest BCUT2D eigenvalue weighted by Crippen LogP contribution is -2.27. The fourth-order valence-corrected chi connectivity index (χ4v) is 3.74. The summed E-state index contributed by atoms with van der Waals surface area (Å²) in [7, 11) is 0. The molecule has 1 fully saturated rings. The quantitative estimate of drug-likeness (QED) is 0.860. The highest BCUT2D eigenvalue weighted by atomic mass is 32.2. The van der Waals surface area contributed by atoms with Gasteiger partial charge in [-0.1, -0.05) is 31.5 Å². The molecule has 1 atom stereocenters. The van der Waals surface area contributed by atoms with Crippen LogP contribution >= 0.6 is 11.8 Å². The number of pyridine rings is 1. The van der Waals surface area contributed by atoms with E-state index in [1.807, 2.05) is 23.2 Å². The van der Waals surface area contributed by atoms with Crippen molar-refractivity contribution in [2.24, 2.45) is 0 Å². The highest BCUT2D eigenvalue weighted by molar-refractivity contribution is 8.00. The van der Waals surface area contributed by atoms with Crippen LogP contribution in [-0.4, -0.2) is 16.6 Å². The number of thioether (sulfide) groups is 1. The summed E-state index contributed by atoms with van der Waals surface area (Å²) in [5.41, 5.74) is 3.36. The first kappa shape index (κ1) is 14.1. The van der Waals surface area contributed by atoms with Gasteiger partial charge in [-0.05, 0) is 30.2 Å². The van der Waals surface area contributed by atoms with Crippen LogP contribution in [-0.2, 0) is 11.2 Å². The molecular formula is C17H18N2OS. The maximum absolute atomic E-state index is 12.3. The molecule has 3 rings (SSSR count). The summed E-state index contributed by atoms with van der Waals surface area (Å²) in [6.45, 7) is 2.17. The molecule has 2 heterocycles. The topological polar surface area (TPSA) is 33.2 Å². The number of nitrogens with zero attached hydrogens (tertiary/aromatic N) is 2. The standard InChI is InChI=1S/C17H18N2OS/c1-2-4-13-6-8-15(9-7-13)19-16(20)12-21-17(19)14-5-3-10-18-11-14/h3,5-11,17H,2,4,12H2,1H3. The fraction of sp³-hybridized carbons (Fsp3) is 0.294. The SMILES string of the molecule is CCCc1ccc(N2C(=O)CSC2c2cccnc2)cc1. The molecule has 1 aromatic heterocycles. The van der Waals surface area contributed by atoms with Crippen molar-refractivity contribution in [1.82, 2.24) is 4.98 Å². The Balaban J connectivity index is 1.89. The zero-order valence-electron chi connectivity index (χ0n) is 12.0. The van der Waals surface area contributed by atoms with Crippen LogP contribution in [0.15, 0.2) is 48.8 Å². The summed E-state index contributed by atoms with van der Waals surface area (Å²) < 4.78 is 0. The second kappa shape index (κ2) is 6.31. The summed E-state index contributed by atoms with van der Waals surface area (Å²) in [4.78, 5) is 18.3. The first-order chi connectivity index (χ1) is 10.3. The van der Waals surface area contributed by atoms with Gasteiger partial charge in [0.15, 0.2) is 0 Å². The molecule has 1 unspecified atom stereocenters. The number of hydrogen-bond donors (Lipinski definition) is 0. The molecule has 0 spiro atoms. The number of carbonyl (C=O) groups is 1. The van der Waals surface area contributed by atoms with Crippen LogP contribution in [0.1, 0.15) is 29.8 Å². The third kappa shape index (κ3) is 2.95. The molecular weight excluding hydrogens is 280 g/mol. The number of amides is 1. The van der Waals surface area contributed by atoms with Crippen molar-refractivity contribution in [2.45, 2.75) is 25.1 Å². The van der Waals surface area contributed by atoms with E-state index in [1.54, 1.807) is 18.0 Å². The molecule has 108 valence electrons. The van der Waals surface area contributed by atoms with E-state index in [0.29, 0.717) is 5.75 Å². The third-order valence-corrected chi connectivity index (χ3v) is 4.80. The van der Waals surface area contributed by atoms with Crippen molar-refractivity contribution < 1.29 is 4.79 Å².